The fourth-order valence-corrected chi connectivity index (χ4v) is 3.73. The Morgan fingerprint density at radius 1 is 1.19 bits per heavy atom. The van der Waals surface area contributed by atoms with Crippen molar-refractivity contribution in [3.05, 3.63) is 29.3 Å². The number of carbonyl (C=O) groups excluding carboxylic acids is 2. The summed E-state index contributed by atoms with van der Waals surface area (Å²) in [6, 6.07) is 6.22. The Kier molecular flexibility index (Phi) is 7.53. The van der Waals surface area contributed by atoms with Crippen LogP contribution in [-0.2, 0) is 16.1 Å². The Bertz CT molecular complexity index is 634. The number of hydrogen-bond acceptors (Lipinski definition) is 4. The minimum atomic E-state index is -0.435. The van der Waals surface area contributed by atoms with Crippen LogP contribution in [0.5, 0.6) is 0 Å². The normalized spacial score (nSPS) is 15.5. The predicted molar refractivity (Wildman–Crippen MR) is 109 cm³/mol. The molecule has 0 saturated carbocycles. The van der Waals surface area contributed by atoms with Crippen LogP contribution in [0, 0.1) is 12.3 Å². The van der Waals surface area contributed by atoms with Crippen LogP contribution in [0.25, 0.3) is 0 Å². The van der Waals surface area contributed by atoms with Crippen molar-refractivity contribution >= 4 is 29.3 Å². The van der Waals surface area contributed by atoms with E-state index in [1.54, 1.807) is 0 Å². The molecule has 2 N–H and O–H groups in total. The molecule has 6 heteroatoms. The Balaban J connectivity index is 1.81. The Morgan fingerprint density at radius 3 is 2.50 bits per heavy atom. The number of thioether (sulfide) groups is 1. The molecule has 26 heavy (non-hydrogen) atoms. The van der Waals surface area contributed by atoms with Gasteiger partial charge in [0.2, 0.25) is 11.8 Å². The Morgan fingerprint density at radius 2 is 1.88 bits per heavy atom. The number of nitrogens with one attached hydrogen (secondary N) is 2. The van der Waals surface area contributed by atoms with Gasteiger partial charge in [0.25, 0.3) is 0 Å². The van der Waals surface area contributed by atoms with Crippen molar-refractivity contribution in [3.8, 4) is 0 Å². The second kappa shape index (κ2) is 9.42. The lowest BCUT2D eigenvalue weighted by molar-refractivity contribution is -0.128. The van der Waals surface area contributed by atoms with E-state index in [1.165, 1.54) is 17.1 Å². The number of hydrogen-bond donors (Lipinski definition) is 2. The van der Waals surface area contributed by atoms with Crippen LogP contribution in [0.15, 0.2) is 18.2 Å². The van der Waals surface area contributed by atoms with Crippen LogP contribution in [0.1, 0.15) is 38.3 Å². The Labute approximate surface area is 161 Å². The lowest BCUT2D eigenvalue weighted by Gasteiger charge is -2.26. The molecular formula is C20H31N3O2S. The van der Waals surface area contributed by atoms with Crippen molar-refractivity contribution in [3.63, 3.8) is 0 Å². The first-order valence-electron chi connectivity index (χ1n) is 9.23. The first-order valence-corrected chi connectivity index (χ1v) is 10.4. The summed E-state index contributed by atoms with van der Waals surface area (Å²) >= 11 is 2.02. The number of amides is 2. The van der Waals surface area contributed by atoms with Gasteiger partial charge in [0.1, 0.15) is 0 Å². The van der Waals surface area contributed by atoms with E-state index in [9.17, 15) is 9.59 Å². The quantitative estimate of drug-likeness (QED) is 0.800. The number of carbonyl (C=O) groups is 2. The highest BCUT2D eigenvalue weighted by atomic mass is 32.2. The highest BCUT2D eigenvalue weighted by Crippen LogP contribution is 2.19. The molecule has 144 valence electrons. The molecule has 1 saturated heterocycles. The largest absolute Gasteiger partial charge is 0.355 e. The molecule has 1 aromatic carbocycles. The Hall–Kier alpha value is -1.53. The summed E-state index contributed by atoms with van der Waals surface area (Å²) in [6.45, 7) is 11.2. The molecule has 0 radical (unpaired) electrons. The van der Waals surface area contributed by atoms with E-state index >= 15 is 0 Å². The number of nitrogens with zero attached hydrogens (tertiary/aromatic N) is 1. The van der Waals surface area contributed by atoms with Crippen molar-refractivity contribution in [2.45, 2.75) is 40.7 Å². The van der Waals surface area contributed by atoms with Crippen molar-refractivity contribution in [1.29, 1.82) is 0 Å². The van der Waals surface area contributed by atoms with Gasteiger partial charge in [-0.1, -0.05) is 32.9 Å². The van der Waals surface area contributed by atoms with Gasteiger partial charge in [-0.25, -0.2) is 0 Å². The summed E-state index contributed by atoms with van der Waals surface area (Å²) in [6.07, 6.45) is 0.272. The van der Waals surface area contributed by atoms with Crippen molar-refractivity contribution < 1.29 is 9.59 Å². The number of aryl methyl sites for hydroxylation is 1. The maximum atomic E-state index is 12.1. The van der Waals surface area contributed by atoms with Gasteiger partial charge in [-0.3, -0.25) is 14.5 Å². The first kappa shape index (κ1) is 20.8. The van der Waals surface area contributed by atoms with E-state index < -0.39 is 5.41 Å². The molecule has 0 aromatic heterocycles. The molecule has 1 aromatic rings. The highest BCUT2D eigenvalue weighted by molar-refractivity contribution is 7.99. The molecular weight excluding hydrogens is 346 g/mol. The second-order valence-electron chi connectivity index (χ2n) is 7.84. The number of rotatable bonds is 6. The van der Waals surface area contributed by atoms with Crippen LogP contribution in [0.4, 0.5) is 5.69 Å². The van der Waals surface area contributed by atoms with Gasteiger partial charge in [-0.05, 0) is 24.1 Å². The molecule has 1 aliphatic heterocycles. The van der Waals surface area contributed by atoms with Crippen molar-refractivity contribution in [2.75, 3.05) is 36.5 Å². The van der Waals surface area contributed by atoms with E-state index in [4.69, 9.17) is 0 Å². The first-order chi connectivity index (χ1) is 12.3. The summed E-state index contributed by atoms with van der Waals surface area (Å²) in [5.74, 6) is 2.29. The fourth-order valence-electron chi connectivity index (χ4n) is 2.75. The van der Waals surface area contributed by atoms with Crippen LogP contribution in [-0.4, -0.2) is 47.9 Å². The monoisotopic (exact) mass is 377 g/mol. The fraction of sp³-hybridized carbons (Fsp3) is 0.600. The van der Waals surface area contributed by atoms with Gasteiger partial charge in [-0.15, -0.1) is 0 Å². The standard InChI is InChI=1S/C20H31N3O2S/c1-15-13-16(14-23-9-11-26-12-10-23)5-6-17(15)22-18(24)7-8-21-19(25)20(2,3)4/h5-6,13H,7-12,14H2,1-4H3,(H,21,25)(H,22,24). The third-order valence-corrected chi connectivity index (χ3v) is 5.34. The molecule has 2 amide bonds. The molecule has 0 spiro atoms. The predicted octanol–water partition coefficient (Wildman–Crippen LogP) is 3.03. The average molecular weight is 378 g/mol. The van der Waals surface area contributed by atoms with E-state index in [2.05, 4.69) is 27.7 Å². The van der Waals surface area contributed by atoms with Gasteiger partial charge >= 0.3 is 0 Å². The zero-order valence-corrected chi connectivity index (χ0v) is 17.2. The van der Waals surface area contributed by atoms with Crippen molar-refractivity contribution in [2.24, 2.45) is 5.41 Å². The minimum absolute atomic E-state index is 0.0399. The van der Waals surface area contributed by atoms with Gasteiger partial charge < -0.3 is 10.6 Å². The third kappa shape index (κ3) is 6.65. The van der Waals surface area contributed by atoms with Crippen LogP contribution in [0.3, 0.4) is 0 Å². The van der Waals surface area contributed by atoms with Gasteiger partial charge in [0.15, 0.2) is 0 Å². The molecule has 0 unspecified atom stereocenters. The summed E-state index contributed by atoms with van der Waals surface area (Å²) in [5.41, 5.74) is 2.76. The van der Waals surface area contributed by atoms with E-state index in [0.717, 1.165) is 30.9 Å². The summed E-state index contributed by atoms with van der Waals surface area (Å²) < 4.78 is 0. The smallest absolute Gasteiger partial charge is 0.226 e. The van der Waals surface area contributed by atoms with Crippen LogP contribution in [0.2, 0.25) is 0 Å². The van der Waals surface area contributed by atoms with Crippen LogP contribution < -0.4 is 10.6 Å². The molecule has 0 bridgehead atoms. The van der Waals surface area contributed by atoms with Crippen molar-refractivity contribution in [1.82, 2.24) is 10.2 Å². The minimum Gasteiger partial charge on any atom is -0.355 e. The lowest BCUT2D eigenvalue weighted by Crippen LogP contribution is -2.36. The molecule has 5 nitrogen and oxygen atoms in total. The summed E-state index contributed by atoms with van der Waals surface area (Å²) in [4.78, 5) is 26.4. The van der Waals surface area contributed by atoms with Gasteiger partial charge in [-0.2, -0.15) is 11.8 Å². The molecule has 0 atom stereocenters. The topological polar surface area (TPSA) is 61.4 Å². The maximum Gasteiger partial charge on any atom is 0.226 e. The zero-order valence-electron chi connectivity index (χ0n) is 16.4. The molecule has 1 fully saturated rings. The molecule has 0 aliphatic carbocycles. The van der Waals surface area contributed by atoms with E-state index in [1.807, 2.05) is 45.5 Å². The second-order valence-corrected chi connectivity index (χ2v) is 9.07. The van der Waals surface area contributed by atoms with Crippen LogP contribution >= 0.6 is 11.8 Å². The maximum absolute atomic E-state index is 12.1. The van der Waals surface area contributed by atoms with Gasteiger partial charge in [0, 0.05) is 55.2 Å². The van der Waals surface area contributed by atoms with E-state index in [-0.39, 0.29) is 18.2 Å². The van der Waals surface area contributed by atoms with Gasteiger partial charge in [0.05, 0.1) is 0 Å². The SMILES string of the molecule is Cc1cc(CN2CCSCC2)ccc1NC(=O)CCNC(=O)C(C)(C)C. The van der Waals surface area contributed by atoms with E-state index in [0.29, 0.717) is 6.54 Å². The summed E-state index contributed by atoms with van der Waals surface area (Å²) in [5, 5.41) is 5.75. The highest BCUT2D eigenvalue weighted by Gasteiger charge is 2.20. The molecule has 1 heterocycles. The third-order valence-electron chi connectivity index (χ3n) is 4.39. The average Bonchev–Trinajstić information content (AvgIpc) is 2.57. The number of anilines is 1. The number of benzene rings is 1. The lowest BCUT2D eigenvalue weighted by atomic mass is 9.96. The molecule has 1 aliphatic rings. The summed E-state index contributed by atoms with van der Waals surface area (Å²) in [7, 11) is 0. The zero-order chi connectivity index (χ0) is 19.2. The molecule has 2 rings (SSSR count).